The van der Waals surface area contributed by atoms with Crippen molar-refractivity contribution in [2.45, 2.75) is 276 Å². The average Bonchev–Trinajstić information content (AvgIpc) is 3.14. The molecule has 0 spiro atoms. The second-order valence-electron chi connectivity index (χ2n) is 21.7. The monoisotopic (exact) mass is 1080 g/mol. The molecule has 0 aliphatic rings. The van der Waals surface area contributed by atoms with Crippen molar-refractivity contribution >= 4 is 0 Å². The summed E-state index contributed by atoms with van der Waals surface area (Å²) in [4.78, 5) is 0. The third-order valence-corrected chi connectivity index (χ3v) is 8.28. The van der Waals surface area contributed by atoms with Gasteiger partial charge in [-0.2, -0.15) is 0 Å². The molecule has 0 amide bonds. The fraction of sp³-hybridized carbons (Fsp3) is 1.00. The van der Waals surface area contributed by atoms with Crippen LogP contribution in [0.5, 0.6) is 0 Å². The molecule has 0 saturated carbocycles. The predicted octanol–water partition coefficient (Wildman–Crippen LogP) is 14.1. The lowest BCUT2D eigenvalue weighted by atomic mass is 10.1. The molecule has 0 bridgehead atoms. The fourth-order valence-corrected chi connectivity index (χ4v) is 5.51. The van der Waals surface area contributed by atoms with E-state index in [0.29, 0.717) is 81.8 Å². The third kappa shape index (κ3) is 130. The Morgan fingerprint density at radius 1 is 0.342 bits per heavy atom. The van der Waals surface area contributed by atoms with Crippen LogP contribution in [0.1, 0.15) is 228 Å². The molecular weight excluding hydrogens is 929 g/mol. The van der Waals surface area contributed by atoms with Gasteiger partial charge in [0.1, 0.15) is 0 Å². The van der Waals surface area contributed by atoms with E-state index >= 15 is 0 Å². The van der Waals surface area contributed by atoms with Gasteiger partial charge in [-0.05, 0) is 128 Å². The first-order valence-electron chi connectivity index (χ1n) is 25.6. The van der Waals surface area contributed by atoms with Crippen LogP contribution < -0.4 is 0 Å². The zero-order chi connectivity index (χ0) is 54.1. The molecule has 4 unspecified atom stereocenters. The van der Waals surface area contributed by atoms with Crippen molar-refractivity contribution in [2.75, 3.05) is 81.3 Å². The molecule has 0 aromatic rings. The van der Waals surface area contributed by atoms with Gasteiger partial charge in [-0.1, -0.05) is 141 Å². The SMILES string of the molecule is C.C.C.C.C.C.CC(C)CC(O)COC(C)(C)C.CC(C)CC(O)COC(C)C.CCOCC(O)CC(C)C.COCC(O)CC(C)C.COCCC(C)C.COC[C@@H](O)CC(C)C.COC[C@H](O)CC(C)C. The van der Waals surface area contributed by atoms with E-state index in [-0.39, 0.29) is 92.9 Å². The smallest absolute Gasteiger partial charge is 0.0776 e. The lowest BCUT2D eigenvalue weighted by Crippen LogP contribution is -2.26. The first-order chi connectivity index (χ1) is 30.8. The van der Waals surface area contributed by atoms with Crippen LogP contribution in [0, 0.1) is 41.4 Å². The molecular formula is C60H146O13. The van der Waals surface area contributed by atoms with Crippen LogP contribution in [0.4, 0.5) is 0 Å². The molecule has 464 valence electrons. The minimum atomic E-state index is -0.316. The van der Waals surface area contributed by atoms with Crippen LogP contribution in [-0.4, -0.2) is 160 Å². The van der Waals surface area contributed by atoms with E-state index in [2.05, 4.69) is 96.9 Å². The second kappa shape index (κ2) is 73.6. The van der Waals surface area contributed by atoms with Gasteiger partial charge in [0, 0.05) is 41.7 Å². The zero-order valence-electron chi connectivity index (χ0n) is 48.7. The average molecular weight is 1080 g/mol. The van der Waals surface area contributed by atoms with Crippen LogP contribution in [0.15, 0.2) is 0 Å². The molecule has 0 aliphatic heterocycles. The summed E-state index contributed by atoms with van der Waals surface area (Å²) in [5, 5.41) is 55.3. The van der Waals surface area contributed by atoms with Gasteiger partial charge in [0.2, 0.25) is 0 Å². The Bertz CT molecular complexity index is 839. The maximum Gasteiger partial charge on any atom is 0.0776 e. The Morgan fingerprint density at radius 3 is 0.767 bits per heavy atom. The van der Waals surface area contributed by atoms with Gasteiger partial charge in [-0.3, -0.25) is 0 Å². The molecule has 13 nitrogen and oxygen atoms in total. The molecule has 0 fully saturated rings. The summed E-state index contributed by atoms with van der Waals surface area (Å²) in [6, 6.07) is 0. The van der Waals surface area contributed by atoms with Crippen molar-refractivity contribution < 1.29 is 63.8 Å². The Kier molecular flexibility index (Phi) is 105. The van der Waals surface area contributed by atoms with Crippen LogP contribution >= 0.6 is 0 Å². The summed E-state index contributed by atoms with van der Waals surface area (Å²) in [6.07, 6.45) is 4.62. The first-order valence-corrected chi connectivity index (χ1v) is 25.6. The normalized spacial score (nSPS) is 12.9. The molecule has 0 aromatic heterocycles. The third-order valence-electron chi connectivity index (χ3n) is 8.28. The molecule has 73 heavy (non-hydrogen) atoms. The maximum absolute atomic E-state index is 9.46. The van der Waals surface area contributed by atoms with E-state index in [9.17, 15) is 15.3 Å². The van der Waals surface area contributed by atoms with E-state index in [0.717, 1.165) is 51.0 Å². The number of rotatable bonds is 29. The van der Waals surface area contributed by atoms with E-state index in [4.69, 9.17) is 48.5 Å². The highest BCUT2D eigenvalue weighted by molar-refractivity contribution is 4.64. The van der Waals surface area contributed by atoms with E-state index in [1.165, 1.54) is 6.42 Å². The summed E-state index contributed by atoms with van der Waals surface area (Å²) in [5.41, 5.74) is -0.141. The van der Waals surface area contributed by atoms with E-state index < -0.39 is 0 Å². The van der Waals surface area contributed by atoms with Crippen molar-refractivity contribution in [1.82, 2.24) is 0 Å². The Labute approximate surface area is 461 Å². The quantitative estimate of drug-likeness (QED) is 0.0416. The maximum atomic E-state index is 9.46. The van der Waals surface area contributed by atoms with Crippen LogP contribution in [0.25, 0.3) is 0 Å². The van der Waals surface area contributed by atoms with Gasteiger partial charge in [0.25, 0.3) is 0 Å². The van der Waals surface area contributed by atoms with Crippen LogP contribution in [-0.2, 0) is 33.2 Å². The zero-order valence-corrected chi connectivity index (χ0v) is 48.7. The number of aliphatic hydroxyl groups excluding tert-OH is 6. The highest BCUT2D eigenvalue weighted by Gasteiger charge is 2.14. The molecule has 0 radical (unpaired) electrons. The van der Waals surface area contributed by atoms with Gasteiger partial charge < -0.3 is 63.8 Å². The Hall–Kier alpha value is -0.520. The van der Waals surface area contributed by atoms with Crippen LogP contribution in [0.3, 0.4) is 0 Å². The lowest BCUT2D eigenvalue weighted by Gasteiger charge is -2.22. The minimum absolute atomic E-state index is 0. The van der Waals surface area contributed by atoms with Gasteiger partial charge in [0.05, 0.1) is 88.0 Å². The van der Waals surface area contributed by atoms with Crippen molar-refractivity contribution in [3.05, 3.63) is 0 Å². The van der Waals surface area contributed by atoms with Crippen molar-refractivity contribution in [1.29, 1.82) is 0 Å². The fourth-order valence-electron chi connectivity index (χ4n) is 5.51. The standard InChI is InChI=1S/C10H22O2.C9H20O2.C8H18O2.3C7H16O2.C6H14O.6CH4/c1-8(2)6-9(11)7-12-10(3,4)5;1-7(2)5-9(10)6-11-8(3)4;1-4-10-6-8(9)5-7(2)3;3*1-6(2)4-7(8)5-9-3;1-6(2)4-5-7-3;;;;;;/h8-9,11H,6-7H2,1-5H3;7-10H,5-6H2,1-4H3;7-9H,4-6H2,1-3H3;3*6-8H,4-5H2,1-3H3;6H,4-5H2,1-3H3;6*1H4/t;;;2*7-;;;;;;;;/m...10......../s1. The lowest BCUT2D eigenvalue weighted by molar-refractivity contribution is -0.0531. The number of ether oxygens (including phenoxy) is 7. The first kappa shape index (κ1) is 105. The van der Waals surface area contributed by atoms with Gasteiger partial charge in [-0.25, -0.2) is 0 Å². The van der Waals surface area contributed by atoms with Gasteiger partial charge in [-0.15, -0.1) is 0 Å². The summed E-state index contributed by atoms with van der Waals surface area (Å²) in [6.45, 7) is 45.7. The molecule has 13 heteroatoms. The van der Waals surface area contributed by atoms with E-state index in [1.807, 2.05) is 41.5 Å². The highest BCUT2D eigenvalue weighted by atomic mass is 16.5. The summed E-state index contributed by atoms with van der Waals surface area (Å²) >= 11 is 0. The van der Waals surface area contributed by atoms with Crippen LogP contribution in [0.2, 0.25) is 0 Å². The topological polar surface area (TPSA) is 186 Å². The molecule has 0 heterocycles. The van der Waals surface area contributed by atoms with Crippen molar-refractivity contribution in [2.24, 2.45) is 41.4 Å². The minimum Gasteiger partial charge on any atom is -0.391 e. The summed E-state index contributed by atoms with van der Waals surface area (Å²) in [7, 11) is 6.54. The molecule has 0 saturated heterocycles. The molecule has 0 aliphatic carbocycles. The molecule has 0 rings (SSSR count). The number of aliphatic hydroxyl groups is 6. The molecule has 6 N–H and O–H groups in total. The van der Waals surface area contributed by atoms with Crippen molar-refractivity contribution in [3.8, 4) is 0 Å². The van der Waals surface area contributed by atoms with E-state index in [1.54, 1.807) is 28.4 Å². The van der Waals surface area contributed by atoms with Gasteiger partial charge in [0.15, 0.2) is 0 Å². The molecule has 6 atom stereocenters. The highest BCUT2D eigenvalue weighted by Crippen LogP contribution is 2.11. The summed E-state index contributed by atoms with van der Waals surface area (Å²) in [5.74, 6) is 4.06. The Balaban J connectivity index is -0.0000000518. The number of hydrogen-bond donors (Lipinski definition) is 6. The summed E-state index contributed by atoms with van der Waals surface area (Å²) < 4.78 is 34.9. The Morgan fingerprint density at radius 2 is 0.589 bits per heavy atom. The second-order valence-corrected chi connectivity index (χ2v) is 21.7. The number of hydrogen-bond acceptors (Lipinski definition) is 13. The number of methoxy groups -OCH3 is 4. The van der Waals surface area contributed by atoms with Gasteiger partial charge >= 0.3 is 0 Å². The largest absolute Gasteiger partial charge is 0.391 e. The predicted molar refractivity (Wildman–Crippen MR) is 323 cm³/mol. The molecule has 0 aromatic carbocycles. The van der Waals surface area contributed by atoms with Crippen molar-refractivity contribution in [3.63, 3.8) is 0 Å².